The molecule has 1 N–H and O–H groups in total. The van der Waals surface area contributed by atoms with Gasteiger partial charge in [-0.25, -0.2) is 4.79 Å². The molecule has 0 unspecified atom stereocenters. The van der Waals surface area contributed by atoms with Crippen molar-refractivity contribution >= 4 is 40.1 Å². The second-order valence-corrected chi connectivity index (χ2v) is 3.47. The van der Waals surface area contributed by atoms with E-state index in [1.807, 2.05) is 0 Å². The fourth-order valence-corrected chi connectivity index (χ4v) is 1.53. The van der Waals surface area contributed by atoms with E-state index in [0.29, 0.717) is 21.0 Å². The van der Waals surface area contributed by atoms with Gasteiger partial charge in [0.1, 0.15) is 5.58 Å². The molecule has 0 aliphatic heterocycles. The van der Waals surface area contributed by atoms with E-state index in [0.717, 1.165) is 0 Å². The van der Waals surface area contributed by atoms with E-state index in [1.54, 1.807) is 12.1 Å². The minimum absolute atomic E-state index is 0.149. The molecule has 0 atom stereocenters. The largest absolute Gasteiger partial charge is 0.475 e. The number of rotatable bonds is 1. The van der Waals surface area contributed by atoms with Gasteiger partial charge >= 0.3 is 5.97 Å². The summed E-state index contributed by atoms with van der Waals surface area (Å²) in [6.07, 6.45) is 0. The highest BCUT2D eigenvalue weighted by Crippen LogP contribution is 2.32. The summed E-state index contributed by atoms with van der Waals surface area (Å²) in [6.45, 7) is 0. The number of aromatic carboxylic acids is 1. The summed E-state index contributed by atoms with van der Waals surface area (Å²) in [7, 11) is 0. The van der Waals surface area contributed by atoms with Crippen molar-refractivity contribution in [1.29, 1.82) is 0 Å². The molecule has 0 spiro atoms. The van der Waals surface area contributed by atoms with Gasteiger partial charge in [0.15, 0.2) is 0 Å². The molecule has 3 nitrogen and oxygen atoms in total. The molecule has 0 fully saturated rings. The molecule has 1 aromatic heterocycles. The van der Waals surface area contributed by atoms with Gasteiger partial charge < -0.3 is 9.52 Å². The molecule has 72 valence electrons. The van der Waals surface area contributed by atoms with Crippen molar-refractivity contribution in [2.75, 3.05) is 0 Å². The SMILES string of the molecule is O=C(O)c1cc2c(Cl)c(Cl)ccc2o1. The Labute approximate surface area is 88.8 Å². The Bertz CT molecular complexity index is 516. The Kier molecular flexibility index (Phi) is 2.13. The predicted molar refractivity (Wildman–Crippen MR) is 53.2 cm³/mol. The summed E-state index contributed by atoms with van der Waals surface area (Å²) < 4.78 is 5.02. The second kappa shape index (κ2) is 3.19. The molecule has 2 rings (SSSR count). The lowest BCUT2D eigenvalue weighted by molar-refractivity contribution is 0.0665. The van der Waals surface area contributed by atoms with Gasteiger partial charge in [-0.2, -0.15) is 0 Å². The number of carbonyl (C=O) groups is 1. The smallest absolute Gasteiger partial charge is 0.371 e. The molecule has 2 aromatic rings. The molecule has 0 saturated carbocycles. The van der Waals surface area contributed by atoms with Crippen LogP contribution in [0.2, 0.25) is 10.0 Å². The first kappa shape index (κ1) is 9.37. The number of fused-ring (bicyclic) bond motifs is 1. The molecular weight excluding hydrogens is 227 g/mol. The molecule has 14 heavy (non-hydrogen) atoms. The highest BCUT2D eigenvalue weighted by Gasteiger charge is 2.13. The zero-order valence-electron chi connectivity index (χ0n) is 6.75. The number of furan rings is 1. The molecule has 0 radical (unpaired) electrons. The Morgan fingerprint density at radius 2 is 2.07 bits per heavy atom. The third-order valence-corrected chi connectivity index (χ3v) is 2.62. The van der Waals surface area contributed by atoms with Gasteiger partial charge in [0.05, 0.1) is 10.0 Å². The second-order valence-electron chi connectivity index (χ2n) is 2.69. The van der Waals surface area contributed by atoms with E-state index in [4.69, 9.17) is 32.7 Å². The van der Waals surface area contributed by atoms with Gasteiger partial charge in [0, 0.05) is 11.5 Å². The van der Waals surface area contributed by atoms with Crippen molar-refractivity contribution in [1.82, 2.24) is 0 Å². The van der Waals surface area contributed by atoms with Crippen molar-refractivity contribution in [2.45, 2.75) is 0 Å². The summed E-state index contributed by atoms with van der Waals surface area (Å²) >= 11 is 11.6. The van der Waals surface area contributed by atoms with Crippen LogP contribution in [-0.2, 0) is 0 Å². The molecule has 0 amide bonds. The molecule has 1 heterocycles. The quantitative estimate of drug-likeness (QED) is 0.817. The maximum Gasteiger partial charge on any atom is 0.371 e. The van der Waals surface area contributed by atoms with Crippen LogP contribution in [0.3, 0.4) is 0 Å². The topological polar surface area (TPSA) is 50.4 Å². The molecule has 5 heteroatoms. The third-order valence-electron chi connectivity index (χ3n) is 1.80. The van der Waals surface area contributed by atoms with Crippen molar-refractivity contribution in [2.24, 2.45) is 0 Å². The van der Waals surface area contributed by atoms with Crippen LogP contribution in [-0.4, -0.2) is 11.1 Å². The van der Waals surface area contributed by atoms with Crippen LogP contribution in [0.25, 0.3) is 11.0 Å². The lowest BCUT2D eigenvalue weighted by Gasteiger charge is -1.93. The lowest BCUT2D eigenvalue weighted by atomic mass is 10.2. The highest BCUT2D eigenvalue weighted by molar-refractivity contribution is 6.45. The molecular formula is C9H4Cl2O3. The zero-order valence-corrected chi connectivity index (χ0v) is 8.26. The Hall–Kier alpha value is -1.19. The number of benzene rings is 1. The van der Waals surface area contributed by atoms with Crippen LogP contribution in [0.5, 0.6) is 0 Å². The van der Waals surface area contributed by atoms with Gasteiger partial charge in [-0.05, 0) is 12.1 Å². The number of hydrogen-bond donors (Lipinski definition) is 1. The molecule has 1 aromatic carbocycles. The first-order chi connectivity index (χ1) is 6.59. The van der Waals surface area contributed by atoms with Crippen LogP contribution in [0.15, 0.2) is 22.6 Å². The van der Waals surface area contributed by atoms with Crippen molar-refractivity contribution in [3.63, 3.8) is 0 Å². The van der Waals surface area contributed by atoms with E-state index >= 15 is 0 Å². The molecule has 0 aliphatic rings. The van der Waals surface area contributed by atoms with Crippen LogP contribution < -0.4 is 0 Å². The fraction of sp³-hybridized carbons (Fsp3) is 0. The third kappa shape index (κ3) is 1.35. The maximum atomic E-state index is 10.6. The summed E-state index contributed by atoms with van der Waals surface area (Å²) in [6, 6.07) is 4.49. The van der Waals surface area contributed by atoms with Gasteiger partial charge in [-0.3, -0.25) is 0 Å². The number of halogens is 2. The van der Waals surface area contributed by atoms with Gasteiger partial charge in [-0.1, -0.05) is 23.2 Å². The van der Waals surface area contributed by atoms with E-state index in [9.17, 15) is 4.79 Å². The first-order valence-corrected chi connectivity index (χ1v) is 4.46. The lowest BCUT2D eigenvalue weighted by Crippen LogP contribution is -1.91. The molecule has 0 bridgehead atoms. The van der Waals surface area contributed by atoms with E-state index in [1.165, 1.54) is 6.07 Å². The van der Waals surface area contributed by atoms with Crippen LogP contribution >= 0.6 is 23.2 Å². The van der Waals surface area contributed by atoms with Gasteiger partial charge in [0.25, 0.3) is 0 Å². The van der Waals surface area contributed by atoms with Gasteiger partial charge in [-0.15, -0.1) is 0 Å². The number of hydrogen-bond acceptors (Lipinski definition) is 2. The number of carboxylic acid groups (broad SMARTS) is 1. The Morgan fingerprint density at radius 1 is 1.36 bits per heavy atom. The summed E-state index contributed by atoms with van der Waals surface area (Å²) in [5, 5.41) is 9.87. The van der Waals surface area contributed by atoms with Crippen LogP contribution in [0, 0.1) is 0 Å². The number of carboxylic acids is 1. The van der Waals surface area contributed by atoms with E-state index < -0.39 is 5.97 Å². The summed E-state index contributed by atoms with van der Waals surface area (Å²) in [5.41, 5.74) is 0.414. The first-order valence-electron chi connectivity index (χ1n) is 3.70. The minimum atomic E-state index is -1.13. The van der Waals surface area contributed by atoms with Crippen molar-refractivity contribution < 1.29 is 14.3 Å². The Morgan fingerprint density at radius 3 is 2.71 bits per heavy atom. The average Bonchev–Trinajstić information content (AvgIpc) is 2.56. The van der Waals surface area contributed by atoms with E-state index in [2.05, 4.69) is 0 Å². The highest BCUT2D eigenvalue weighted by atomic mass is 35.5. The van der Waals surface area contributed by atoms with Crippen molar-refractivity contribution in [3.8, 4) is 0 Å². The maximum absolute atomic E-state index is 10.6. The molecule has 0 aliphatic carbocycles. The monoisotopic (exact) mass is 230 g/mol. The summed E-state index contributed by atoms with van der Waals surface area (Å²) in [4.78, 5) is 10.6. The summed E-state index contributed by atoms with van der Waals surface area (Å²) in [5.74, 6) is -1.28. The van der Waals surface area contributed by atoms with Crippen LogP contribution in [0.1, 0.15) is 10.6 Å². The predicted octanol–water partition coefficient (Wildman–Crippen LogP) is 3.44. The zero-order chi connectivity index (χ0) is 10.3. The standard InChI is InChI=1S/C9H4Cl2O3/c10-5-1-2-6-4(8(5)11)3-7(14-6)9(12)13/h1-3H,(H,12,13). The fourth-order valence-electron chi connectivity index (χ4n) is 1.16. The minimum Gasteiger partial charge on any atom is -0.475 e. The Balaban J connectivity index is 2.77. The van der Waals surface area contributed by atoms with Gasteiger partial charge in [0.2, 0.25) is 5.76 Å². The normalized spacial score (nSPS) is 10.7. The van der Waals surface area contributed by atoms with E-state index in [-0.39, 0.29) is 5.76 Å². The average molecular weight is 231 g/mol. The molecule has 0 saturated heterocycles. The van der Waals surface area contributed by atoms with Crippen molar-refractivity contribution in [3.05, 3.63) is 34.0 Å². The van der Waals surface area contributed by atoms with Crippen LogP contribution in [0.4, 0.5) is 0 Å².